The quantitative estimate of drug-likeness (QED) is 0.0842. The molecule has 0 fully saturated rings. The van der Waals surface area contributed by atoms with E-state index in [1.54, 1.807) is 0 Å². The Morgan fingerprint density at radius 3 is 1.32 bits per heavy atom. The molecule has 7 rings (SSSR count). The van der Waals surface area contributed by atoms with E-state index in [1.165, 1.54) is 16.8 Å². The first-order chi connectivity index (χ1) is 28.1. The summed E-state index contributed by atoms with van der Waals surface area (Å²) in [5, 5.41) is 11.2. The minimum atomic E-state index is 0. The third-order valence-electron chi connectivity index (χ3n) is 9.45. The van der Waals surface area contributed by atoms with E-state index in [1.807, 2.05) is 164 Å². The van der Waals surface area contributed by atoms with Gasteiger partial charge >= 0.3 is 25.8 Å². The summed E-state index contributed by atoms with van der Waals surface area (Å²) in [5.74, 6) is 2.00. The van der Waals surface area contributed by atoms with E-state index >= 15 is 0 Å². The summed E-state index contributed by atoms with van der Waals surface area (Å²) in [6.45, 7) is 21.7. The number of anilines is 1. The summed E-state index contributed by atoms with van der Waals surface area (Å²) in [7, 11) is 2.19. The minimum Gasteiger partial charge on any atom is -0.507 e. The van der Waals surface area contributed by atoms with E-state index in [9.17, 15) is 5.11 Å². The second-order valence-corrected chi connectivity index (χ2v) is 14.7. The normalized spacial score (nSPS) is 10.1. The average Bonchev–Trinajstić information content (AvgIpc) is 3.24. The molecular weight excluding hydrogens is 885 g/mol. The molecule has 0 aliphatic carbocycles. The molecule has 1 N–H and O–H groups in total. The van der Waals surface area contributed by atoms with E-state index in [0.29, 0.717) is 18.4 Å². The van der Waals surface area contributed by atoms with Crippen LogP contribution in [0.1, 0.15) is 73.8 Å². The predicted molar refractivity (Wildman–Crippen MR) is 250 cm³/mol. The van der Waals surface area contributed by atoms with Crippen molar-refractivity contribution in [2.75, 3.05) is 25.1 Å². The molecule has 4 heteroatoms. The van der Waals surface area contributed by atoms with Gasteiger partial charge in [0.05, 0.1) is 6.61 Å². The Bertz CT molecular complexity index is 2070. The van der Waals surface area contributed by atoms with Crippen molar-refractivity contribution in [1.82, 2.24) is 0 Å². The van der Waals surface area contributed by atoms with Gasteiger partial charge in [-0.15, -0.1) is 36.4 Å². The van der Waals surface area contributed by atoms with Gasteiger partial charge in [-0.3, -0.25) is 0 Å². The van der Waals surface area contributed by atoms with Gasteiger partial charge in [0.1, 0.15) is 11.5 Å². The predicted octanol–water partition coefficient (Wildman–Crippen LogP) is 14.5. The van der Waals surface area contributed by atoms with Crippen molar-refractivity contribution in [3.63, 3.8) is 0 Å². The van der Waals surface area contributed by atoms with Crippen molar-refractivity contribution in [1.29, 1.82) is 0 Å². The van der Waals surface area contributed by atoms with Gasteiger partial charge in [-0.05, 0) is 41.0 Å². The SMILES string of the molecule is CC(C)c1cccc(C(C)C)c1N(C)CCCOc1ccccc1-c1cccc(-c2ccccc2)c1O.[CH2-]c1ccccc1.[CH2-]c1ccccc1.[CH2-]c1ccccc1.[Hf+4]. The van der Waals surface area contributed by atoms with Crippen LogP contribution in [0.5, 0.6) is 11.5 Å². The molecule has 7 aromatic rings. The zero-order valence-corrected chi connectivity index (χ0v) is 39.1. The van der Waals surface area contributed by atoms with Crippen molar-refractivity contribution in [2.24, 2.45) is 0 Å². The maximum absolute atomic E-state index is 11.2. The Hall–Kier alpha value is -5.58. The Kier molecular flexibility index (Phi) is 20.8. The van der Waals surface area contributed by atoms with Gasteiger partial charge in [-0.2, -0.15) is 73.9 Å². The fourth-order valence-electron chi connectivity index (χ4n) is 6.41. The van der Waals surface area contributed by atoms with E-state index in [0.717, 1.165) is 57.7 Å². The second kappa shape index (κ2) is 25.7. The Morgan fingerprint density at radius 2 is 0.881 bits per heavy atom. The Labute approximate surface area is 374 Å². The smallest absolute Gasteiger partial charge is 0.507 e. The van der Waals surface area contributed by atoms with E-state index in [-0.39, 0.29) is 31.6 Å². The molecule has 3 nitrogen and oxygen atoms in total. The van der Waals surface area contributed by atoms with E-state index in [4.69, 9.17) is 4.74 Å². The van der Waals surface area contributed by atoms with Crippen LogP contribution in [0, 0.1) is 20.8 Å². The van der Waals surface area contributed by atoms with Crippen LogP contribution in [-0.4, -0.2) is 25.3 Å². The maximum atomic E-state index is 11.2. The number of benzene rings is 7. The Balaban J connectivity index is 0.000000339. The number of phenols is 1. The summed E-state index contributed by atoms with van der Waals surface area (Å²) >= 11 is 0. The molecule has 0 spiro atoms. The van der Waals surface area contributed by atoms with Crippen molar-refractivity contribution < 1.29 is 35.7 Å². The first-order valence-corrected chi connectivity index (χ1v) is 20.1. The molecule has 0 amide bonds. The molecule has 0 aromatic heterocycles. The van der Waals surface area contributed by atoms with Gasteiger partial charge in [-0.1, -0.05) is 131 Å². The van der Waals surface area contributed by atoms with Crippen LogP contribution in [0.3, 0.4) is 0 Å². The van der Waals surface area contributed by atoms with Crippen LogP contribution < -0.4 is 9.64 Å². The first kappa shape index (κ1) is 47.8. The summed E-state index contributed by atoms with van der Waals surface area (Å²) in [4.78, 5) is 2.38. The zero-order valence-electron chi connectivity index (χ0n) is 35.5. The van der Waals surface area contributed by atoms with Crippen LogP contribution in [0.2, 0.25) is 0 Å². The van der Waals surface area contributed by atoms with Crippen LogP contribution in [0.15, 0.2) is 182 Å². The molecule has 0 saturated carbocycles. The number of rotatable bonds is 10. The van der Waals surface area contributed by atoms with Gasteiger partial charge in [-0.25, -0.2) is 0 Å². The molecule has 0 saturated heterocycles. The van der Waals surface area contributed by atoms with Crippen molar-refractivity contribution in [3.8, 4) is 33.8 Å². The van der Waals surface area contributed by atoms with Gasteiger partial charge in [0, 0.05) is 36.0 Å². The summed E-state index contributed by atoms with van der Waals surface area (Å²) in [5.41, 5.74) is 10.9. The fourth-order valence-corrected chi connectivity index (χ4v) is 6.41. The monoisotopic (exact) mass is 946 g/mol. The van der Waals surface area contributed by atoms with Crippen LogP contribution in [-0.2, 0) is 25.8 Å². The number of hydrogen-bond donors (Lipinski definition) is 1. The van der Waals surface area contributed by atoms with Crippen LogP contribution in [0.25, 0.3) is 22.3 Å². The third kappa shape index (κ3) is 15.6. The number of aromatic hydroxyl groups is 1. The third-order valence-corrected chi connectivity index (χ3v) is 9.45. The molecule has 0 atom stereocenters. The average molecular weight is 946 g/mol. The van der Waals surface area contributed by atoms with Gasteiger partial charge in [0.25, 0.3) is 0 Å². The van der Waals surface area contributed by atoms with Crippen LogP contribution in [0.4, 0.5) is 5.69 Å². The van der Waals surface area contributed by atoms with Gasteiger partial charge in [0.15, 0.2) is 0 Å². The molecule has 300 valence electrons. The number of para-hydroxylation sites is 3. The topological polar surface area (TPSA) is 32.7 Å². The fraction of sp³-hybridized carbons (Fsp3) is 0.182. The molecule has 0 heterocycles. The van der Waals surface area contributed by atoms with Gasteiger partial charge in [0.2, 0.25) is 0 Å². The molecule has 0 aliphatic heterocycles. The zero-order chi connectivity index (χ0) is 41.7. The molecular formula is C55H60HfNO2+. The largest absolute Gasteiger partial charge is 4.00 e. The number of phenolic OH excluding ortho intramolecular Hbond substituents is 1. The molecule has 0 aliphatic rings. The van der Waals surface area contributed by atoms with Crippen LogP contribution >= 0.6 is 0 Å². The summed E-state index contributed by atoms with van der Waals surface area (Å²) in [6.07, 6.45) is 0.894. The molecule has 59 heavy (non-hydrogen) atoms. The summed E-state index contributed by atoms with van der Waals surface area (Å²) in [6, 6.07) is 60.2. The van der Waals surface area contributed by atoms with Gasteiger partial charge < -0.3 is 14.7 Å². The van der Waals surface area contributed by atoms with Crippen molar-refractivity contribution in [3.05, 3.63) is 231 Å². The molecule has 0 radical (unpaired) electrons. The number of ether oxygens (including phenoxy) is 1. The standard InChI is InChI=1S/C34H39NO2.3C7H7.Hf/c1-24(2)27-17-11-18-28(25(3)4)33(27)35(5)22-13-23-37-32-21-10-9-16-30(32)31-20-12-19-29(34(31)36)26-14-7-6-8-15-26;3*1-7-5-3-2-4-6-7;/h6-12,14-21,24-25,36H,13,22-23H2,1-5H3;3*2-6H,1H2;/q;3*-1;+4. The van der Waals surface area contributed by atoms with Crippen molar-refractivity contribution in [2.45, 2.75) is 46.0 Å². The van der Waals surface area contributed by atoms with Crippen molar-refractivity contribution >= 4 is 5.69 Å². The molecule has 7 aromatic carbocycles. The Morgan fingerprint density at radius 1 is 0.492 bits per heavy atom. The number of hydrogen-bond acceptors (Lipinski definition) is 3. The minimum absolute atomic E-state index is 0. The van der Waals surface area contributed by atoms with E-state index in [2.05, 4.69) is 78.6 Å². The maximum Gasteiger partial charge on any atom is 4.00 e. The molecule has 0 unspecified atom stereocenters. The van der Waals surface area contributed by atoms with E-state index < -0.39 is 0 Å². The molecule has 0 bridgehead atoms. The number of nitrogens with zero attached hydrogens (tertiary/aromatic N) is 1. The summed E-state index contributed by atoms with van der Waals surface area (Å²) < 4.78 is 6.30. The second-order valence-electron chi connectivity index (χ2n) is 14.7. The first-order valence-electron chi connectivity index (χ1n) is 20.1.